The first-order chi connectivity index (χ1) is 8.97. The summed E-state index contributed by atoms with van der Waals surface area (Å²) < 4.78 is 1.63. The molecule has 0 saturated carbocycles. The summed E-state index contributed by atoms with van der Waals surface area (Å²) in [7, 11) is 0. The van der Waals surface area contributed by atoms with Crippen molar-refractivity contribution in [2.45, 2.75) is 6.92 Å². The summed E-state index contributed by atoms with van der Waals surface area (Å²) >= 11 is 12.8. The van der Waals surface area contributed by atoms with Gasteiger partial charge in [-0.2, -0.15) is 0 Å². The van der Waals surface area contributed by atoms with Crippen molar-refractivity contribution in [3.8, 4) is 0 Å². The summed E-state index contributed by atoms with van der Waals surface area (Å²) in [4.78, 5) is 12.2. The third-order valence-electron chi connectivity index (χ3n) is 2.55. The Morgan fingerprint density at radius 2 is 1.89 bits per heavy atom. The molecule has 0 aromatic heterocycles. The summed E-state index contributed by atoms with van der Waals surface area (Å²) in [6, 6.07) is 10.9. The van der Waals surface area contributed by atoms with E-state index in [1.807, 2.05) is 31.2 Å². The van der Waals surface area contributed by atoms with Gasteiger partial charge in [-0.05, 0) is 58.7 Å². The minimum absolute atomic E-state index is 0.202. The van der Waals surface area contributed by atoms with Gasteiger partial charge in [-0.3, -0.25) is 4.79 Å². The Bertz CT molecular complexity index is 643. The molecule has 1 amide bonds. The van der Waals surface area contributed by atoms with Crippen molar-refractivity contribution in [3.63, 3.8) is 0 Å². The third-order valence-corrected chi connectivity index (χ3v) is 4.02. The van der Waals surface area contributed by atoms with Crippen LogP contribution in [0.15, 0.2) is 45.3 Å². The average molecular weight is 404 g/mol. The summed E-state index contributed by atoms with van der Waals surface area (Å²) in [6.07, 6.45) is 0. The van der Waals surface area contributed by atoms with E-state index in [1.165, 1.54) is 0 Å². The molecule has 0 aliphatic heterocycles. The van der Waals surface area contributed by atoms with Crippen molar-refractivity contribution >= 4 is 55.1 Å². The minimum Gasteiger partial charge on any atom is -0.321 e. The summed E-state index contributed by atoms with van der Waals surface area (Å²) in [6.45, 7) is 1.95. The van der Waals surface area contributed by atoms with Gasteiger partial charge in [0.15, 0.2) is 0 Å². The molecule has 2 nitrogen and oxygen atoms in total. The molecule has 98 valence electrons. The maximum atomic E-state index is 12.2. The molecule has 2 aromatic carbocycles. The van der Waals surface area contributed by atoms with Crippen LogP contribution in [0.2, 0.25) is 5.02 Å². The molecule has 1 N–H and O–H groups in total. The van der Waals surface area contributed by atoms with Crippen LogP contribution in [0.4, 0.5) is 5.69 Å². The van der Waals surface area contributed by atoms with Gasteiger partial charge < -0.3 is 5.32 Å². The molecular formula is C14H10Br2ClNO. The van der Waals surface area contributed by atoms with E-state index < -0.39 is 0 Å². The number of halogens is 3. The second-order valence-electron chi connectivity index (χ2n) is 4.06. The van der Waals surface area contributed by atoms with E-state index in [1.54, 1.807) is 12.1 Å². The first-order valence-electron chi connectivity index (χ1n) is 5.50. The van der Waals surface area contributed by atoms with Crippen LogP contribution >= 0.6 is 43.5 Å². The lowest BCUT2D eigenvalue weighted by molar-refractivity contribution is 0.102. The molecule has 0 radical (unpaired) electrons. The number of benzene rings is 2. The van der Waals surface area contributed by atoms with Gasteiger partial charge in [0.25, 0.3) is 5.91 Å². The van der Waals surface area contributed by atoms with E-state index in [0.29, 0.717) is 16.3 Å². The van der Waals surface area contributed by atoms with Crippen LogP contribution in [-0.2, 0) is 0 Å². The molecule has 2 aromatic rings. The van der Waals surface area contributed by atoms with Gasteiger partial charge in [-0.25, -0.2) is 0 Å². The number of amides is 1. The van der Waals surface area contributed by atoms with E-state index in [4.69, 9.17) is 11.6 Å². The summed E-state index contributed by atoms with van der Waals surface area (Å²) in [5, 5.41) is 3.33. The second-order valence-corrected chi connectivity index (χ2v) is 6.24. The highest BCUT2D eigenvalue weighted by atomic mass is 79.9. The standard InChI is InChI=1S/C14H10Br2ClNO/c1-8-2-5-12(17)13(6-8)18-14(19)10-4-3-9(15)7-11(10)16/h2-7H,1H3,(H,18,19). The maximum Gasteiger partial charge on any atom is 0.256 e. The smallest absolute Gasteiger partial charge is 0.256 e. The first-order valence-corrected chi connectivity index (χ1v) is 7.46. The fourth-order valence-corrected chi connectivity index (χ4v) is 2.99. The molecule has 0 atom stereocenters. The largest absolute Gasteiger partial charge is 0.321 e. The van der Waals surface area contributed by atoms with Crippen molar-refractivity contribution in [2.24, 2.45) is 0 Å². The molecule has 0 spiro atoms. The first kappa shape index (κ1) is 14.6. The third kappa shape index (κ3) is 3.59. The van der Waals surface area contributed by atoms with Gasteiger partial charge in [-0.1, -0.05) is 33.6 Å². The van der Waals surface area contributed by atoms with Gasteiger partial charge in [0.2, 0.25) is 0 Å². The highest BCUT2D eigenvalue weighted by Crippen LogP contribution is 2.26. The average Bonchev–Trinajstić information content (AvgIpc) is 2.33. The lowest BCUT2D eigenvalue weighted by atomic mass is 10.2. The van der Waals surface area contributed by atoms with Gasteiger partial charge in [0, 0.05) is 8.95 Å². The number of anilines is 1. The molecule has 0 heterocycles. The number of carbonyl (C=O) groups is 1. The Balaban J connectivity index is 2.28. The van der Waals surface area contributed by atoms with Gasteiger partial charge in [0.05, 0.1) is 16.3 Å². The number of hydrogen-bond donors (Lipinski definition) is 1. The molecule has 0 fully saturated rings. The Kier molecular flexibility index (Phi) is 4.66. The summed E-state index contributed by atoms with van der Waals surface area (Å²) in [5.41, 5.74) is 2.21. The number of carbonyl (C=O) groups excluding carboxylic acids is 1. The highest BCUT2D eigenvalue weighted by Gasteiger charge is 2.12. The van der Waals surface area contributed by atoms with Crippen LogP contribution in [0, 0.1) is 6.92 Å². The van der Waals surface area contributed by atoms with E-state index in [2.05, 4.69) is 37.2 Å². The van der Waals surface area contributed by atoms with E-state index in [9.17, 15) is 4.79 Å². The van der Waals surface area contributed by atoms with E-state index in [-0.39, 0.29) is 5.91 Å². The molecule has 0 aliphatic rings. The Morgan fingerprint density at radius 3 is 2.58 bits per heavy atom. The Labute approximate surface area is 133 Å². The Morgan fingerprint density at radius 1 is 1.16 bits per heavy atom. The van der Waals surface area contributed by atoms with Crippen LogP contribution in [-0.4, -0.2) is 5.91 Å². The van der Waals surface area contributed by atoms with Crippen molar-refractivity contribution in [1.29, 1.82) is 0 Å². The SMILES string of the molecule is Cc1ccc(Cl)c(NC(=O)c2ccc(Br)cc2Br)c1. The number of aryl methyl sites for hydroxylation is 1. The van der Waals surface area contributed by atoms with Gasteiger partial charge in [-0.15, -0.1) is 0 Å². The Hall–Kier alpha value is -0.840. The monoisotopic (exact) mass is 401 g/mol. The van der Waals surface area contributed by atoms with E-state index >= 15 is 0 Å². The molecule has 0 saturated heterocycles. The predicted octanol–water partition coefficient (Wildman–Crippen LogP) is 5.43. The minimum atomic E-state index is -0.202. The van der Waals surface area contributed by atoms with Crippen molar-refractivity contribution in [1.82, 2.24) is 0 Å². The van der Waals surface area contributed by atoms with Crippen molar-refractivity contribution in [3.05, 3.63) is 61.5 Å². The fourth-order valence-electron chi connectivity index (χ4n) is 1.60. The summed E-state index contributed by atoms with van der Waals surface area (Å²) in [5.74, 6) is -0.202. The van der Waals surface area contributed by atoms with Crippen molar-refractivity contribution in [2.75, 3.05) is 5.32 Å². The lowest BCUT2D eigenvalue weighted by Crippen LogP contribution is -2.13. The predicted molar refractivity (Wildman–Crippen MR) is 86.0 cm³/mol. The van der Waals surface area contributed by atoms with Crippen LogP contribution in [0.25, 0.3) is 0 Å². The molecule has 5 heteroatoms. The normalized spacial score (nSPS) is 10.3. The van der Waals surface area contributed by atoms with E-state index in [0.717, 1.165) is 14.5 Å². The highest BCUT2D eigenvalue weighted by molar-refractivity contribution is 9.11. The fraction of sp³-hybridized carbons (Fsp3) is 0.0714. The second kappa shape index (κ2) is 6.07. The molecule has 0 bridgehead atoms. The molecule has 0 unspecified atom stereocenters. The molecular weight excluding hydrogens is 393 g/mol. The number of hydrogen-bond acceptors (Lipinski definition) is 1. The molecule has 0 aliphatic carbocycles. The zero-order chi connectivity index (χ0) is 14.0. The van der Waals surface area contributed by atoms with Gasteiger partial charge in [0.1, 0.15) is 0 Å². The number of rotatable bonds is 2. The maximum absolute atomic E-state index is 12.2. The van der Waals surface area contributed by atoms with Crippen LogP contribution in [0.1, 0.15) is 15.9 Å². The zero-order valence-electron chi connectivity index (χ0n) is 10.0. The van der Waals surface area contributed by atoms with Crippen LogP contribution in [0.5, 0.6) is 0 Å². The van der Waals surface area contributed by atoms with Crippen LogP contribution in [0.3, 0.4) is 0 Å². The molecule has 2 rings (SSSR count). The topological polar surface area (TPSA) is 29.1 Å². The number of nitrogens with one attached hydrogen (secondary N) is 1. The quantitative estimate of drug-likeness (QED) is 0.712. The van der Waals surface area contributed by atoms with Gasteiger partial charge >= 0.3 is 0 Å². The van der Waals surface area contributed by atoms with Crippen LogP contribution < -0.4 is 5.32 Å². The lowest BCUT2D eigenvalue weighted by Gasteiger charge is -2.09. The zero-order valence-corrected chi connectivity index (χ0v) is 13.9. The van der Waals surface area contributed by atoms with Crippen molar-refractivity contribution < 1.29 is 4.79 Å². The molecule has 19 heavy (non-hydrogen) atoms.